The van der Waals surface area contributed by atoms with E-state index in [2.05, 4.69) is 4.36 Å². The molecule has 0 radical (unpaired) electrons. The van der Waals surface area contributed by atoms with Gasteiger partial charge in [0.25, 0.3) is 0 Å². The maximum Gasteiger partial charge on any atom is 0.242 e. The van der Waals surface area contributed by atoms with Crippen LogP contribution in [0.3, 0.4) is 0 Å². The molecular weight excluding hydrogens is 176 g/mol. The SMILES string of the molecule is CC.C[S-](=O)=NC(=O)C1(N)CC1. The standard InChI is InChI=1S/C5H9N2O2S.C2H6/c1-10(9)7-4(8)5(6)2-3-5;1-2/h2-3,6H2,1H3;1-2H3/q-1;. The van der Waals surface area contributed by atoms with Crippen molar-refractivity contribution < 1.29 is 9.00 Å². The fraction of sp³-hybridized carbons (Fsp3) is 0.857. The van der Waals surface area contributed by atoms with E-state index in [-0.39, 0.29) is 0 Å². The Bertz CT molecular complexity index is 240. The second kappa shape index (κ2) is 4.57. The molecule has 1 rings (SSSR count). The molecule has 72 valence electrons. The molecule has 0 aliphatic heterocycles. The Labute approximate surface area is 74.7 Å². The number of hydrogen-bond acceptors (Lipinski definition) is 4. The van der Waals surface area contributed by atoms with Crippen LogP contribution in [-0.4, -0.2) is 17.7 Å². The minimum Gasteiger partial charge on any atom is -0.444 e. The zero-order valence-corrected chi connectivity index (χ0v) is 8.48. The van der Waals surface area contributed by atoms with E-state index in [0.717, 1.165) is 0 Å². The summed E-state index contributed by atoms with van der Waals surface area (Å²) >= 11 is 0. The highest BCUT2D eigenvalue weighted by molar-refractivity contribution is 7.74. The van der Waals surface area contributed by atoms with Gasteiger partial charge < -0.3 is 14.3 Å². The van der Waals surface area contributed by atoms with Crippen molar-refractivity contribution in [2.45, 2.75) is 32.2 Å². The van der Waals surface area contributed by atoms with Crippen molar-refractivity contribution in [2.75, 3.05) is 6.26 Å². The van der Waals surface area contributed by atoms with Gasteiger partial charge in [0.1, 0.15) is 0 Å². The molecule has 0 atom stereocenters. The third kappa shape index (κ3) is 3.32. The number of hydrogen-bond donors (Lipinski definition) is 1. The lowest BCUT2D eigenvalue weighted by molar-refractivity contribution is -0.119. The van der Waals surface area contributed by atoms with Crippen LogP contribution in [0.2, 0.25) is 0 Å². The van der Waals surface area contributed by atoms with Crippen LogP contribution in [0.4, 0.5) is 0 Å². The molecule has 0 aromatic carbocycles. The first-order chi connectivity index (χ1) is 5.54. The van der Waals surface area contributed by atoms with E-state index >= 15 is 0 Å². The smallest absolute Gasteiger partial charge is 0.242 e. The molecular formula is C7H15N2O2S-. The van der Waals surface area contributed by atoms with Gasteiger partial charge in [-0.15, -0.1) is 6.26 Å². The number of carbonyl (C=O) groups is 1. The summed E-state index contributed by atoms with van der Waals surface area (Å²) in [7, 11) is -1.41. The summed E-state index contributed by atoms with van der Waals surface area (Å²) in [6.07, 6.45) is 2.70. The van der Waals surface area contributed by atoms with Gasteiger partial charge in [0.2, 0.25) is 5.91 Å². The minimum atomic E-state index is -1.41. The van der Waals surface area contributed by atoms with Crippen LogP contribution >= 0.6 is 0 Å². The fourth-order valence-corrected chi connectivity index (χ4v) is 0.972. The lowest BCUT2D eigenvalue weighted by Crippen LogP contribution is -2.31. The number of amides is 1. The normalized spacial score (nSPS) is 20.7. The number of carbonyl (C=O) groups excluding carboxylic acids is 1. The molecule has 12 heavy (non-hydrogen) atoms. The van der Waals surface area contributed by atoms with Crippen molar-refractivity contribution in [3.63, 3.8) is 0 Å². The summed E-state index contributed by atoms with van der Waals surface area (Å²) in [5.41, 5.74) is 4.70. The largest absolute Gasteiger partial charge is 0.444 e. The van der Waals surface area contributed by atoms with Gasteiger partial charge in [-0.25, -0.2) is 0 Å². The van der Waals surface area contributed by atoms with Gasteiger partial charge in [-0.1, -0.05) is 13.8 Å². The van der Waals surface area contributed by atoms with Crippen LogP contribution in [0.15, 0.2) is 4.36 Å². The van der Waals surface area contributed by atoms with Gasteiger partial charge in [0.05, 0.1) is 5.54 Å². The molecule has 1 aliphatic rings. The molecule has 0 spiro atoms. The van der Waals surface area contributed by atoms with Gasteiger partial charge in [0, 0.05) is 0 Å². The van der Waals surface area contributed by atoms with Crippen LogP contribution < -0.4 is 5.73 Å². The molecule has 4 nitrogen and oxygen atoms in total. The second-order valence-electron chi connectivity index (χ2n) is 2.48. The summed E-state index contributed by atoms with van der Waals surface area (Å²) in [5, 5.41) is 0. The topological polar surface area (TPSA) is 72.5 Å². The fourth-order valence-electron chi connectivity index (χ4n) is 0.556. The van der Waals surface area contributed by atoms with E-state index in [1.54, 1.807) is 0 Å². The average molecular weight is 191 g/mol. The van der Waals surface area contributed by atoms with E-state index < -0.39 is 22.0 Å². The van der Waals surface area contributed by atoms with Gasteiger partial charge in [-0.2, -0.15) is 10.6 Å². The van der Waals surface area contributed by atoms with Crippen molar-refractivity contribution >= 4 is 16.5 Å². The number of nitrogens with zero attached hydrogens (tertiary/aromatic N) is 1. The van der Waals surface area contributed by atoms with Crippen LogP contribution in [0.25, 0.3) is 0 Å². The summed E-state index contributed by atoms with van der Waals surface area (Å²) in [5.74, 6) is -0.423. The van der Waals surface area contributed by atoms with E-state index in [1.807, 2.05) is 13.8 Å². The highest BCUT2D eigenvalue weighted by atomic mass is 32.2. The average Bonchev–Trinajstić information content (AvgIpc) is 2.72. The molecule has 1 fully saturated rings. The maximum absolute atomic E-state index is 10.9. The molecule has 0 aromatic rings. The Morgan fingerprint density at radius 2 is 1.92 bits per heavy atom. The summed E-state index contributed by atoms with van der Waals surface area (Å²) in [6.45, 7) is 4.00. The molecule has 1 saturated carbocycles. The van der Waals surface area contributed by atoms with Crippen molar-refractivity contribution in [2.24, 2.45) is 10.1 Å². The van der Waals surface area contributed by atoms with Crippen LogP contribution in [-0.2, 0) is 19.6 Å². The van der Waals surface area contributed by atoms with Crippen molar-refractivity contribution in [1.29, 1.82) is 0 Å². The first-order valence-corrected chi connectivity index (χ1v) is 5.45. The highest BCUT2D eigenvalue weighted by Gasteiger charge is 2.44. The predicted octanol–water partition coefficient (Wildman–Crippen LogP) is 0.808. The second-order valence-corrected chi connectivity index (χ2v) is 3.51. The van der Waals surface area contributed by atoms with Gasteiger partial charge in [-0.3, -0.25) is 4.79 Å². The van der Waals surface area contributed by atoms with Crippen LogP contribution in [0.5, 0.6) is 0 Å². The predicted molar refractivity (Wildman–Crippen MR) is 48.9 cm³/mol. The lowest BCUT2D eigenvalue weighted by Gasteiger charge is -2.03. The van der Waals surface area contributed by atoms with Crippen LogP contribution in [0.1, 0.15) is 26.7 Å². The summed E-state index contributed by atoms with van der Waals surface area (Å²) < 4.78 is 13.7. The minimum absolute atomic E-state index is 0.423. The highest BCUT2D eigenvalue weighted by Crippen LogP contribution is 2.33. The van der Waals surface area contributed by atoms with Gasteiger partial charge >= 0.3 is 0 Å². The molecule has 0 saturated heterocycles. The Balaban J connectivity index is 0.000000561. The first-order valence-electron chi connectivity index (χ1n) is 3.93. The van der Waals surface area contributed by atoms with E-state index in [9.17, 15) is 9.00 Å². The van der Waals surface area contributed by atoms with Gasteiger partial charge in [-0.05, 0) is 12.8 Å². The Kier molecular flexibility index (Phi) is 4.41. The monoisotopic (exact) mass is 191 g/mol. The molecule has 1 aliphatic carbocycles. The molecule has 5 heteroatoms. The Hall–Kier alpha value is -0.420. The van der Waals surface area contributed by atoms with Crippen LogP contribution in [0, 0.1) is 0 Å². The Morgan fingerprint density at radius 3 is 2.17 bits per heavy atom. The molecule has 2 N–H and O–H groups in total. The van der Waals surface area contributed by atoms with E-state index in [1.165, 1.54) is 6.26 Å². The molecule has 1 amide bonds. The zero-order chi connectivity index (χ0) is 9.78. The molecule has 0 heterocycles. The lowest BCUT2D eigenvalue weighted by atomic mass is 10.3. The molecule has 0 unspecified atom stereocenters. The quantitative estimate of drug-likeness (QED) is 0.623. The zero-order valence-electron chi connectivity index (χ0n) is 7.66. The number of rotatable bonds is 1. The maximum atomic E-state index is 10.9. The molecule has 0 bridgehead atoms. The third-order valence-electron chi connectivity index (χ3n) is 1.43. The van der Waals surface area contributed by atoms with E-state index in [0.29, 0.717) is 12.8 Å². The van der Waals surface area contributed by atoms with Crippen molar-refractivity contribution in [1.82, 2.24) is 0 Å². The first kappa shape index (κ1) is 11.6. The van der Waals surface area contributed by atoms with Gasteiger partial charge in [0.15, 0.2) is 0 Å². The summed E-state index contributed by atoms with van der Waals surface area (Å²) in [4.78, 5) is 10.9. The number of nitrogens with two attached hydrogens (primary N) is 1. The summed E-state index contributed by atoms with van der Waals surface area (Å²) in [6, 6.07) is 0. The Morgan fingerprint density at radius 1 is 1.50 bits per heavy atom. The van der Waals surface area contributed by atoms with E-state index in [4.69, 9.17) is 5.73 Å². The molecule has 0 aromatic heterocycles. The van der Waals surface area contributed by atoms with Crippen molar-refractivity contribution in [3.05, 3.63) is 0 Å². The van der Waals surface area contributed by atoms with Crippen molar-refractivity contribution in [3.8, 4) is 0 Å². The third-order valence-corrected chi connectivity index (χ3v) is 1.85.